The number of benzene rings is 1. The molecule has 4 rings (SSSR count). The van der Waals surface area contributed by atoms with Gasteiger partial charge in [-0.3, -0.25) is 9.59 Å². The largest absolute Gasteiger partial charge is 0.324 e. The number of carbonyl (C=O) groups is 2. The monoisotopic (exact) mass is 357 g/mol. The molecule has 1 N–H and O–H groups in total. The van der Waals surface area contributed by atoms with Crippen LogP contribution in [0.4, 0.5) is 11.4 Å². The Hall–Kier alpha value is -2.35. The van der Waals surface area contributed by atoms with E-state index in [1.54, 1.807) is 11.2 Å². The molecular formula is C17H19N5O2S. The molecule has 2 heterocycles. The first kappa shape index (κ1) is 16.1. The van der Waals surface area contributed by atoms with Gasteiger partial charge >= 0.3 is 0 Å². The lowest BCUT2D eigenvalue weighted by atomic mass is 10.2. The van der Waals surface area contributed by atoms with Gasteiger partial charge in [0.15, 0.2) is 5.16 Å². The number of para-hydroxylation sites is 2. The van der Waals surface area contributed by atoms with E-state index in [9.17, 15) is 9.59 Å². The van der Waals surface area contributed by atoms with Crippen LogP contribution in [0.1, 0.15) is 31.7 Å². The highest BCUT2D eigenvalue weighted by atomic mass is 32.2. The SMILES string of the molecule is O=C(CSc1nncn1C1CC1)Nc1ccccc1N1CCCC1=O. The number of thioether (sulfide) groups is 1. The van der Waals surface area contributed by atoms with Crippen molar-refractivity contribution >= 4 is 35.0 Å². The molecule has 2 amide bonds. The summed E-state index contributed by atoms with van der Waals surface area (Å²) in [5, 5.41) is 11.7. The number of hydrogen-bond donors (Lipinski definition) is 1. The second-order valence-electron chi connectivity index (χ2n) is 6.25. The summed E-state index contributed by atoms with van der Waals surface area (Å²) in [6.45, 7) is 0.699. The van der Waals surface area contributed by atoms with Crippen LogP contribution in [0, 0.1) is 0 Å². The van der Waals surface area contributed by atoms with Crippen LogP contribution < -0.4 is 10.2 Å². The van der Waals surface area contributed by atoms with Gasteiger partial charge in [0.25, 0.3) is 0 Å². The van der Waals surface area contributed by atoms with Crippen molar-refractivity contribution in [2.45, 2.75) is 36.9 Å². The van der Waals surface area contributed by atoms with Crippen molar-refractivity contribution in [2.24, 2.45) is 0 Å². The Kier molecular flexibility index (Phi) is 4.44. The van der Waals surface area contributed by atoms with Crippen molar-refractivity contribution in [1.29, 1.82) is 0 Å². The quantitative estimate of drug-likeness (QED) is 0.804. The number of carbonyl (C=O) groups excluding carboxylic acids is 2. The highest BCUT2D eigenvalue weighted by Gasteiger charge is 2.27. The van der Waals surface area contributed by atoms with Crippen LogP contribution >= 0.6 is 11.8 Å². The molecule has 130 valence electrons. The number of nitrogens with one attached hydrogen (secondary N) is 1. The molecule has 8 heteroatoms. The number of rotatable bonds is 6. The van der Waals surface area contributed by atoms with E-state index in [1.807, 2.05) is 28.8 Å². The fraction of sp³-hybridized carbons (Fsp3) is 0.412. The van der Waals surface area contributed by atoms with Crippen molar-refractivity contribution in [3.05, 3.63) is 30.6 Å². The third-order valence-electron chi connectivity index (χ3n) is 4.36. The summed E-state index contributed by atoms with van der Waals surface area (Å²) in [6, 6.07) is 7.92. The molecule has 2 aliphatic rings. The van der Waals surface area contributed by atoms with Crippen LogP contribution in [-0.2, 0) is 9.59 Å². The van der Waals surface area contributed by atoms with E-state index >= 15 is 0 Å². The predicted molar refractivity (Wildman–Crippen MR) is 95.7 cm³/mol. The summed E-state index contributed by atoms with van der Waals surface area (Å²) < 4.78 is 2.04. The second kappa shape index (κ2) is 6.87. The summed E-state index contributed by atoms with van der Waals surface area (Å²) in [4.78, 5) is 26.1. The van der Waals surface area contributed by atoms with E-state index in [1.165, 1.54) is 11.8 Å². The topological polar surface area (TPSA) is 80.1 Å². The van der Waals surface area contributed by atoms with Crippen LogP contribution in [0.2, 0.25) is 0 Å². The molecule has 1 aromatic carbocycles. The highest BCUT2D eigenvalue weighted by molar-refractivity contribution is 7.99. The van der Waals surface area contributed by atoms with Crippen LogP contribution in [-0.4, -0.2) is 38.9 Å². The number of anilines is 2. The van der Waals surface area contributed by atoms with Gasteiger partial charge in [-0.25, -0.2) is 0 Å². The third kappa shape index (κ3) is 3.53. The van der Waals surface area contributed by atoms with Gasteiger partial charge in [0.1, 0.15) is 6.33 Å². The van der Waals surface area contributed by atoms with Gasteiger partial charge in [0, 0.05) is 19.0 Å². The lowest BCUT2D eigenvalue weighted by Crippen LogP contribution is -2.26. The van der Waals surface area contributed by atoms with E-state index in [4.69, 9.17) is 0 Å². The van der Waals surface area contributed by atoms with Crippen molar-refractivity contribution in [1.82, 2.24) is 14.8 Å². The molecule has 1 aliphatic heterocycles. The molecule has 1 aliphatic carbocycles. The number of amides is 2. The van der Waals surface area contributed by atoms with Crippen LogP contribution in [0.15, 0.2) is 35.7 Å². The molecule has 1 aromatic heterocycles. The van der Waals surface area contributed by atoms with Gasteiger partial charge in [0.05, 0.1) is 17.1 Å². The molecule has 1 saturated carbocycles. The summed E-state index contributed by atoms with van der Waals surface area (Å²) in [6.07, 6.45) is 5.44. The molecular weight excluding hydrogens is 338 g/mol. The number of hydrogen-bond acceptors (Lipinski definition) is 5. The molecule has 0 spiro atoms. The normalized spacial score (nSPS) is 17.1. The maximum atomic E-state index is 12.4. The van der Waals surface area contributed by atoms with Crippen molar-refractivity contribution < 1.29 is 9.59 Å². The highest BCUT2D eigenvalue weighted by Crippen LogP contribution is 2.37. The Morgan fingerprint density at radius 3 is 2.92 bits per heavy atom. The summed E-state index contributed by atoms with van der Waals surface area (Å²) in [5.41, 5.74) is 1.44. The molecule has 0 unspecified atom stereocenters. The van der Waals surface area contributed by atoms with E-state index in [0.717, 1.165) is 30.1 Å². The Balaban J connectivity index is 1.41. The van der Waals surface area contributed by atoms with Crippen molar-refractivity contribution in [3.63, 3.8) is 0 Å². The minimum atomic E-state index is -0.116. The van der Waals surface area contributed by atoms with Gasteiger partial charge in [0.2, 0.25) is 11.8 Å². The maximum absolute atomic E-state index is 12.4. The van der Waals surface area contributed by atoms with Crippen LogP contribution in [0.3, 0.4) is 0 Å². The summed E-state index contributed by atoms with van der Waals surface area (Å²) >= 11 is 1.38. The van der Waals surface area contributed by atoms with Gasteiger partial charge in [-0.05, 0) is 31.4 Å². The number of aromatic nitrogens is 3. The first-order valence-corrected chi connectivity index (χ1v) is 9.42. The van der Waals surface area contributed by atoms with Gasteiger partial charge in [-0.1, -0.05) is 23.9 Å². The van der Waals surface area contributed by atoms with E-state index in [0.29, 0.717) is 24.7 Å². The molecule has 0 radical (unpaired) electrons. The van der Waals surface area contributed by atoms with Gasteiger partial charge in [-0.15, -0.1) is 10.2 Å². The zero-order chi connectivity index (χ0) is 17.2. The molecule has 2 fully saturated rings. The lowest BCUT2D eigenvalue weighted by molar-refractivity contribution is -0.117. The average Bonchev–Trinajstić information content (AvgIpc) is 3.19. The summed E-state index contributed by atoms with van der Waals surface area (Å²) in [5.74, 6) is 0.247. The number of nitrogens with zero attached hydrogens (tertiary/aromatic N) is 4. The van der Waals surface area contributed by atoms with E-state index in [2.05, 4.69) is 15.5 Å². The van der Waals surface area contributed by atoms with Crippen molar-refractivity contribution in [3.8, 4) is 0 Å². The standard InChI is InChI=1S/C17H19N5O2S/c23-15(10-25-17-20-18-11-22(17)12-7-8-12)19-13-4-1-2-5-14(13)21-9-3-6-16(21)24/h1-2,4-5,11-12H,3,6-10H2,(H,19,23). The Labute approximate surface area is 149 Å². The Bertz CT molecular complexity index is 802. The van der Waals surface area contributed by atoms with Gasteiger partial charge < -0.3 is 14.8 Å². The van der Waals surface area contributed by atoms with Crippen LogP contribution in [0.5, 0.6) is 0 Å². The second-order valence-corrected chi connectivity index (χ2v) is 7.20. The third-order valence-corrected chi connectivity index (χ3v) is 5.31. The lowest BCUT2D eigenvalue weighted by Gasteiger charge is -2.19. The molecule has 25 heavy (non-hydrogen) atoms. The molecule has 0 bridgehead atoms. The predicted octanol–water partition coefficient (Wildman–Crippen LogP) is 2.47. The van der Waals surface area contributed by atoms with E-state index in [-0.39, 0.29) is 17.6 Å². The maximum Gasteiger partial charge on any atom is 0.234 e. The fourth-order valence-electron chi connectivity index (χ4n) is 2.97. The summed E-state index contributed by atoms with van der Waals surface area (Å²) in [7, 11) is 0. The van der Waals surface area contributed by atoms with Gasteiger partial charge in [-0.2, -0.15) is 0 Å². The van der Waals surface area contributed by atoms with E-state index < -0.39 is 0 Å². The Morgan fingerprint density at radius 1 is 1.32 bits per heavy atom. The zero-order valence-electron chi connectivity index (χ0n) is 13.7. The molecule has 2 aromatic rings. The minimum absolute atomic E-state index is 0.105. The first-order valence-electron chi connectivity index (χ1n) is 8.44. The molecule has 7 nitrogen and oxygen atoms in total. The smallest absolute Gasteiger partial charge is 0.234 e. The molecule has 1 saturated heterocycles. The Morgan fingerprint density at radius 2 is 2.16 bits per heavy atom. The fourth-order valence-corrected chi connectivity index (χ4v) is 3.75. The average molecular weight is 357 g/mol. The minimum Gasteiger partial charge on any atom is -0.324 e. The van der Waals surface area contributed by atoms with Crippen molar-refractivity contribution in [2.75, 3.05) is 22.5 Å². The van der Waals surface area contributed by atoms with Crippen LogP contribution in [0.25, 0.3) is 0 Å². The zero-order valence-corrected chi connectivity index (χ0v) is 14.5. The first-order chi connectivity index (χ1) is 12.2. The molecule has 0 atom stereocenters.